The molecular formula is C23H30N2O4S. The molecule has 6 nitrogen and oxygen atoms in total. The Bertz CT molecular complexity index is 982. The van der Waals surface area contributed by atoms with E-state index in [2.05, 4.69) is 0 Å². The lowest BCUT2D eigenvalue weighted by atomic mass is 9.96. The summed E-state index contributed by atoms with van der Waals surface area (Å²) in [4.78, 5) is 14.6. The Kier molecular flexibility index (Phi) is 7.15. The molecule has 0 aromatic heterocycles. The third-order valence-electron chi connectivity index (χ3n) is 5.60. The van der Waals surface area contributed by atoms with Crippen LogP contribution in [0.5, 0.6) is 5.75 Å². The quantitative estimate of drug-likeness (QED) is 0.677. The van der Waals surface area contributed by atoms with Crippen LogP contribution in [0.15, 0.2) is 48.5 Å². The molecular weight excluding hydrogens is 400 g/mol. The van der Waals surface area contributed by atoms with Crippen LogP contribution in [0, 0.1) is 12.8 Å². The maximum atomic E-state index is 12.9. The van der Waals surface area contributed by atoms with Gasteiger partial charge in [-0.3, -0.25) is 4.79 Å². The highest BCUT2D eigenvalue weighted by molar-refractivity contribution is 7.88. The van der Waals surface area contributed by atoms with Crippen molar-refractivity contribution in [3.8, 4) is 5.75 Å². The molecule has 1 fully saturated rings. The van der Waals surface area contributed by atoms with Crippen molar-refractivity contribution in [1.29, 1.82) is 0 Å². The molecule has 0 spiro atoms. The number of methoxy groups -OCH3 is 1. The highest BCUT2D eigenvalue weighted by Gasteiger charge is 2.32. The number of benzene rings is 2. The van der Waals surface area contributed by atoms with E-state index in [9.17, 15) is 13.2 Å². The molecule has 3 rings (SSSR count). The van der Waals surface area contributed by atoms with E-state index in [0.29, 0.717) is 32.5 Å². The molecule has 1 aliphatic heterocycles. The lowest BCUT2D eigenvalue weighted by Gasteiger charge is -2.32. The van der Waals surface area contributed by atoms with Gasteiger partial charge in [-0.05, 0) is 31.4 Å². The molecule has 0 bridgehead atoms. The van der Waals surface area contributed by atoms with Crippen LogP contribution in [0.25, 0.3) is 0 Å². The van der Waals surface area contributed by atoms with Gasteiger partial charge in [-0.25, -0.2) is 12.7 Å². The summed E-state index contributed by atoms with van der Waals surface area (Å²) in [6, 6.07) is 15.2. The molecule has 162 valence electrons. The minimum absolute atomic E-state index is 0.000990. The number of para-hydroxylation sites is 1. The van der Waals surface area contributed by atoms with Gasteiger partial charge in [0.1, 0.15) is 5.75 Å². The fourth-order valence-corrected chi connectivity index (χ4v) is 5.51. The Labute approximate surface area is 179 Å². The maximum absolute atomic E-state index is 12.9. The van der Waals surface area contributed by atoms with Gasteiger partial charge in [0.15, 0.2) is 0 Å². The van der Waals surface area contributed by atoms with Gasteiger partial charge in [-0.15, -0.1) is 0 Å². The molecule has 7 heteroatoms. The first-order chi connectivity index (χ1) is 14.3. The molecule has 0 N–H and O–H groups in total. The average Bonchev–Trinajstić information content (AvgIpc) is 2.73. The second-order valence-corrected chi connectivity index (χ2v) is 9.89. The van der Waals surface area contributed by atoms with Gasteiger partial charge in [0.2, 0.25) is 15.9 Å². The standard InChI is InChI=1S/C23H30N2O4S/c1-18-7-6-8-19(15-18)17-30(27,28)25-13-11-20(12-14-25)23(26)24(2)16-21-9-4-5-10-22(21)29-3/h4-10,15,20H,11-14,16-17H2,1-3H3. The van der Waals surface area contributed by atoms with E-state index in [4.69, 9.17) is 4.74 Å². The van der Waals surface area contributed by atoms with Crippen molar-refractivity contribution in [2.45, 2.75) is 32.1 Å². The summed E-state index contributed by atoms with van der Waals surface area (Å²) in [6.07, 6.45) is 1.09. The lowest BCUT2D eigenvalue weighted by Crippen LogP contribution is -2.43. The molecule has 2 aromatic carbocycles. The van der Waals surface area contributed by atoms with Crippen LogP contribution in [0.1, 0.15) is 29.5 Å². The summed E-state index contributed by atoms with van der Waals surface area (Å²) in [5.74, 6) is 0.655. The van der Waals surface area contributed by atoms with Crippen molar-refractivity contribution in [3.05, 3.63) is 65.2 Å². The van der Waals surface area contributed by atoms with Gasteiger partial charge in [0.05, 0.1) is 12.9 Å². The number of aryl methyl sites for hydroxylation is 1. The first kappa shape index (κ1) is 22.3. The number of hydrogen-bond acceptors (Lipinski definition) is 4. The molecule has 1 saturated heterocycles. The van der Waals surface area contributed by atoms with Crippen LogP contribution >= 0.6 is 0 Å². The number of rotatable bonds is 7. The van der Waals surface area contributed by atoms with Gasteiger partial charge in [0, 0.05) is 38.2 Å². The summed E-state index contributed by atoms with van der Waals surface area (Å²) < 4.78 is 32.5. The van der Waals surface area contributed by atoms with Gasteiger partial charge in [-0.1, -0.05) is 48.0 Å². The van der Waals surface area contributed by atoms with Crippen molar-refractivity contribution >= 4 is 15.9 Å². The predicted octanol–water partition coefficient (Wildman–Crippen LogP) is 3.20. The molecule has 0 radical (unpaired) electrons. The Morgan fingerprint density at radius 1 is 1.13 bits per heavy atom. The highest BCUT2D eigenvalue weighted by atomic mass is 32.2. The van der Waals surface area contributed by atoms with E-state index >= 15 is 0 Å². The largest absolute Gasteiger partial charge is 0.496 e. The van der Waals surface area contributed by atoms with Crippen LogP contribution < -0.4 is 4.74 Å². The van der Waals surface area contributed by atoms with Gasteiger partial charge < -0.3 is 9.64 Å². The normalized spacial score (nSPS) is 15.7. The average molecular weight is 431 g/mol. The van der Waals surface area contributed by atoms with E-state index in [1.807, 2.05) is 55.5 Å². The number of hydrogen-bond donors (Lipinski definition) is 0. The highest BCUT2D eigenvalue weighted by Crippen LogP contribution is 2.25. The Morgan fingerprint density at radius 3 is 2.50 bits per heavy atom. The first-order valence-electron chi connectivity index (χ1n) is 10.2. The van der Waals surface area contributed by atoms with E-state index in [1.54, 1.807) is 19.1 Å². The van der Waals surface area contributed by atoms with Gasteiger partial charge in [-0.2, -0.15) is 0 Å². The summed E-state index contributed by atoms with van der Waals surface area (Å²) in [5.41, 5.74) is 2.80. The van der Waals surface area contributed by atoms with E-state index in [1.165, 1.54) is 4.31 Å². The Balaban J connectivity index is 1.57. The van der Waals surface area contributed by atoms with Crippen molar-refractivity contribution < 1.29 is 17.9 Å². The van der Waals surface area contributed by atoms with Crippen molar-refractivity contribution in [2.24, 2.45) is 5.92 Å². The number of carbonyl (C=O) groups excluding carboxylic acids is 1. The second-order valence-electron chi connectivity index (χ2n) is 7.92. The molecule has 0 aliphatic carbocycles. The summed E-state index contributed by atoms with van der Waals surface area (Å²) in [6.45, 7) is 3.18. The fourth-order valence-electron chi connectivity index (χ4n) is 3.96. The Hall–Kier alpha value is -2.38. The molecule has 0 atom stereocenters. The summed E-state index contributed by atoms with van der Waals surface area (Å²) >= 11 is 0. The number of sulfonamides is 1. The van der Waals surface area contributed by atoms with Gasteiger partial charge >= 0.3 is 0 Å². The zero-order chi connectivity index (χ0) is 21.7. The maximum Gasteiger partial charge on any atom is 0.225 e. The third kappa shape index (κ3) is 5.40. The van der Waals surface area contributed by atoms with Crippen molar-refractivity contribution in [1.82, 2.24) is 9.21 Å². The topological polar surface area (TPSA) is 66.9 Å². The molecule has 1 amide bonds. The number of nitrogens with zero attached hydrogens (tertiary/aromatic N) is 2. The fraction of sp³-hybridized carbons (Fsp3) is 0.435. The SMILES string of the molecule is COc1ccccc1CN(C)C(=O)C1CCN(S(=O)(=O)Cc2cccc(C)c2)CC1. The molecule has 2 aromatic rings. The van der Waals surface area contributed by atoms with Crippen molar-refractivity contribution in [2.75, 3.05) is 27.2 Å². The van der Waals surface area contributed by atoms with Crippen LogP contribution in [-0.4, -0.2) is 50.8 Å². The Morgan fingerprint density at radius 2 is 1.83 bits per heavy atom. The number of ether oxygens (including phenoxy) is 1. The molecule has 1 aliphatic rings. The number of amides is 1. The second kappa shape index (κ2) is 9.62. The summed E-state index contributed by atoms with van der Waals surface area (Å²) in [7, 11) is 0.0178. The van der Waals surface area contributed by atoms with E-state index in [0.717, 1.165) is 22.4 Å². The van der Waals surface area contributed by atoms with E-state index in [-0.39, 0.29) is 17.6 Å². The molecule has 30 heavy (non-hydrogen) atoms. The lowest BCUT2D eigenvalue weighted by molar-refractivity contribution is -0.135. The zero-order valence-corrected chi connectivity index (χ0v) is 18.7. The van der Waals surface area contributed by atoms with Crippen LogP contribution in [-0.2, 0) is 27.1 Å². The van der Waals surface area contributed by atoms with E-state index < -0.39 is 10.0 Å². The van der Waals surface area contributed by atoms with Crippen LogP contribution in [0.3, 0.4) is 0 Å². The summed E-state index contributed by atoms with van der Waals surface area (Å²) in [5, 5.41) is 0. The molecule has 1 heterocycles. The third-order valence-corrected chi connectivity index (χ3v) is 7.45. The smallest absolute Gasteiger partial charge is 0.225 e. The molecule has 0 unspecified atom stereocenters. The zero-order valence-electron chi connectivity index (χ0n) is 17.9. The predicted molar refractivity (Wildman–Crippen MR) is 118 cm³/mol. The van der Waals surface area contributed by atoms with Crippen LogP contribution in [0.2, 0.25) is 0 Å². The first-order valence-corrected chi connectivity index (χ1v) is 11.8. The van der Waals surface area contributed by atoms with Crippen molar-refractivity contribution in [3.63, 3.8) is 0 Å². The minimum Gasteiger partial charge on any atom is -0.496 e. The number of piperidine rings is 1. The number of carbonyl (C=O) groups is 1. The minimum atomic E-state index is -3.39. The molecule has 0 saturated carbocycles. The van der Waals surface area contributed by atoms with Crippen LogP contribution in [0.4, 0.5) is 0 Å². The van der Waals surface area contributed by atoms with Gasteiger partial charge in [0.25, 0.3) is 0 Å². The monoisotopic (exact) mass is 430 g/mol.